The van der Waals surface area contributed by atoms with E-state index in [2.05, 4.69) is 18.3 Å². The van der Waals surface area contributed by atoms with Crippen LogP contribution in [0.5, 0.6) is 0 Å². The number of imide groups is 1. The van der Waals surface area contributed by atoms with Crippen LogP contribution in [0.1, 0.15) is 43.7 Å². The first kappa shape index (κ1) is 14.1. The molecule has 0 atom stereocenters. The Bertz CT molecular complexity index is 574. The second-order valence-corrected chi connectivity index (χ2v) is 6.55. The zero-order chi connectivity index (χ0) is 15.0. The minimum absolute atomic E-state index is 0.105. The van der Waals surface area contributed by atoms with Gasteiger partial charge in [0.05, 0.1) is 0 Å². The van der Waals surface area contributed by atoms with Crippen LogP contribution >= 0.6 is 0 Å². The van der Waals surface area contributed by atoms with Gasteiger partial charge in [-0.05, 0) is 44.1 Å². The molecule has 4 heteroatoms. The average molecular weight is 286 g/mol. The molecule has 1 aromatic rings. The molecule has 4 nitrogen and oxygen atoms in total. The summed E-state index contributed by atoms with van der Waals surface area (Å²) in [6, 6.07) is 7.89. The van der Waals surface area contributed by atoms with Gasteiger partial charge in [0.25, 0.3) is 5.91 Å². The van der Waals surface area contributed by atoms with Gasteiger partial charge < -0.3 is 4.90 Å². The lowest BCUT2D eigenvalue weighted by atomic mass is 9.76. The molecule has 0 bridgehead atoms. The zero-order valence-electron chi connectivity index (χ0n) is 12.7. The summed E-state index contributed by atoms with van der Waals surface area (Å²) in [6.45, 7) is 4.76. The van der Waals surface area contributed by atoms with Crippen LogP contribution in [0.15, 0.2) is 24.3 Å². The van der Waals surface area contributed by atoms with Gasteiger partial charge in [0.2, 0.25) is 0 Å². The predicted octanol–water partition coefficient (Wildman–Crippen LogP) is 3.00. The smallest absolute Gasteiger partial charge is 0.305 e. The van der Waals surface area contributed by atoms with E-state index in [4.69, 9.17) is 0 Å². The van der Waals surface area contributed by atoms with Gasteiger partial charge in [-0.1, -0.05) is 36.8 Å². The molecule has 21 heavy (non-hydrogen) atoms. The van der Waals surface area contributed by atoms with Gasteiger partial charge in [-0.2, -0.15) is 0 Å². The van der Waals surface area contributed by atoms with Crippen LogP contribution in [0.3, 0.4) is 0 Å². The molecule has 1 heterocycles. The Morgan fingerprint density at radius 1 is 1.29 bits per heavy atom. The van der Waals surface area contributed by atoms with E-state index in [-0.39, 0.29) is 11.9 Å². The maximum Gasteiger partial charge on any atom is 0.325 e. The molecule has 3 amide bonds. The largest absolute Gasteiger partial charge is 0.325 e. The number of amides is 3. The van der Waals surface area contributed by atoms with Gasteiger partial charge in [0.15, 0.2) is 0 Å². The van der Waals surface area contributed by atoms with Crippen molar-refractivity contribution >= 4 is 11.9 Å². The Balaban J connectivity index is 1.87. The standard InChI is InChI=1S/C17H22N2O2/c1-12-6-8-17(9-7-12)15(20)18-16(21)19(17)11-14-5-3-4-13(2)10-14/h3-5,10,12H,6-9,11H2,1-2H3,(H,18,20,21). The van der Waals surface area contributed by atoms with Crippen molar-refractivity contribution in [2.75, 3.05) is 0 Å². The average Bonchev–Trinajstić information content (AvgIpc) is 2.66. The lowest BCUT2D eigenvalue weighted by Crippen LogP contribution is -2.51. The lowest BCUT2D eigenvalue weighted by Gasteiger charge is -2.40. The number of carbonyl (C=O) groups is 2. The van der Waals surface area contributed by atoms with Gasteiger partial charge in [-0.3, -0.25) is 10.1 Å². The third kappa shape index (κ3) is 2.43. The summed E-state index contributed by atoms with van der Waals surface area (Å²) in [7, 11) is 0. The van der Waals surface area contributed by atoms with Gasteiger partial charge >= 0.3 is 6.03 Å². The summed E-state index contributed by atoms with van der Waals surface area (Å²) in [4.78, 5) is 26.3. The highest BCUT2D eigenvalue weighted by atomic mass is 16.2. The molecule has 0 aromatic heterocycles. The molecule has 2 fully saturated rings. The number of carbonyl (C=O) groups excluding carboxylic acids is 2. The van der Waals surface area contributed by atoms with Crippen LogP contribution in [0.4, 0.5) is 4.79 Å². The molecule has 3 rings (SSSR count). The molecule has 2 aliphatic rings. The van der Waals surface area contributed by atoms with Crippen LogP contribution in [0.25, 0.3) is 0 Å². The normalized spacial score (nSPS) is 29.0. The summed E-state index contributed by atoms with van der Waals surface area (Å²) in [5.74, 6) is 0.534. The Hall–Kier alpha value is -1.84. The van der Waals surface area contributed by atoms with Crippen molar-refractivity contribution in [2.24, 2.45) is 5.92 Å². The zero-order valence-corrected chi connectivity index (χ0v) is 12.7. The molecule has 1 aromatic carbocycles. The summed E-state index contributed by atoms with van der Waals surface area (Å²) in [5.41, 5.74) is 1.63. The topological polar surface area (TPSA) is 49.4 Å². The van der Waals surface area contributed by atoms with Gasteiger partial charge in [0.1, 0.15) is 5.54 Å². The summed E-state index contributed by atoms with van der Waals surface area (Å²) in [5, 5.41) is 2.53. The van der Waals surface area contributed by atoms with Crippen molar-refractivity contribution in [1.29, 1.82) is 0 Å². The van der Waals surface area contributed by atoms with Gasteiger partial charge in [0, 0.05) is 6.54 Å². The number of nitrogens with zero attached hydrogens (tertiary/aromatic N) is 1. The SMILES string of the molecule is Cc1cccc(CN2C(=O)NC(=O)C23CCC(C)CC3)c1. The van der Waals surface area contributed by atoms with E-state index in [1.54, 1.807) is 4.90 Å². The molecule has 1 N–H and O–H groups in total. The summed E-state index contributed by atoms with van der Waals surface area (Å²) in [6.07, 6.45) is 3.56. The molecule has 112 valence electrons. The highest BCUT2D eigenvalue weighted by Crippen LogP contribution is 2.40. The number of hydrogen-bond donors (Lipinski definition) is 1. The maximum absolute atomic E-state index is 12.4. The molecule has 1 saturated heterocycles. The summed E-state index contributed by atoms with van der Waals surface area (Å²) < 4.78 is 0. The van der Waals surface area contributed by atoms with Crippen molar-refractivity contribution in [2.45, 2.75) is 51.6 Å². The number of urea groups is 1. The summed E-state index contributed by atoms with van der Waals surface area (Å²) >= 11 is 0. The highest BCUT2D eigenvalue weighted by molar-refractivity contribution is 6.07. The molecule has 0 radical (unpaired) electrons. The number of benzene rings is 1. The van der Waals surface area contributed by atoms with Crippen molar-refractivity contribution in [3.05, 3.63) is 35.4 Å². The monoisotopic (exact) mass is 286 g/mol. The van der Waals surface area contributed by atoms with E-state index >= 15 is 0 Å². The minimum atomic E-state index is -0.618. The first-order valence-corrected chi connectivity index (χ1v) is 7.70. The first-order valence-electron chi connectivity index (χ1n) is 7.70. The van der Waals surface area contributed by atoms with Gasteiger partial charge in [-0.15, -0.1) is 0 Å². The Morgan fingerprint density at radius 3 is 2.67 bits per heavy atom. The van der Waals surface area contributed by atoms with E-state index < -0.39 is 5.54 Å². The van der Waals surface area contributed by atoms with Crippen molar-refractivity contribution in [1.82, 2.24) is 10.2 Å². The molecule has 0 unspecified atom stereocenters. The van der Waals surface area contributed by atoms with Crippen molar-refractivity contribution in [3.8, 4) is 0 Å². The Labute approximate surface area is 125 Å². The van der Waals surface area contributed by atoms with Crippen LogP contribution in [-0.2, 0) is 11.3 Å². The molecular formula is C17H22N2O2. The van der Waals surface area contributed by atoms with Crippen LogP contribution in [0, 0.1) is 12.8 Å². The fraction of sp³-hybridized carbons (Fsp3) is 0.529. The molecule has 1 spiro atoms. The Morgan fingerprint density at radius 2 is 2.00 bits per heavy atom. The maximum atomic E-state index is 12.4. The second-order valence-electron chi connectivity index (χ2n) is 6.55. The number of rotatable bonds is 2. The second kappa shape index (κ2) is 5.17. The van der Waals surface area contributed by atoms with Gasteiger partial charge in [-0.25, -0.2) is 4.79 Å². The van der Waals surface area contributed by atoms with E-state index in [0.29, 0.717) is 12.5 Å². The van der Waals surface area contributed by atoms with Crippen LogP contribution in [0.2, 0.25) is 0 Å². The fourth-order valence-electron chi connectivity index (χ4n) is 3.55. The number of nitrogens with one attached hydrogen (secondary N) is 1. The quantitative estimate of drug-likeness (QED) is 0.850. The molecule has 1 saturated carbocycles. The third-order valence-corrected chi connectivity index (χ3v) is 4.93. The molecule has 1 aliphatic heterocycles. The predicted molar refractivity (Wildman–Crippen MR) is 80.6 cm³/mol. The van der Waals surface area contributed by atoms with Crippen LogP contribution in [-0.4, -0.2) is 22.4 Å². The van der Waals surface area contributed by atoms with Crippen molar-refractivity contribution < 1.29 is 9.59 Å². The van der Waals surface area contributed by atoms with E-state index in [9.17, 15) is 9.59 Å². The van der Waals surface area contributed by atoms with Crippen molar-refractivity contribution in [3.63, 3.8) is 0 Å². The van der Waals surface area contributed by atoms with E-state index in [0.717, 1.165) is 31.2 Å². The Kier molecular flexibility index (Phi) is 3.47. The lowest BCUT2D eigenvalue weighted by molar-refractivity contribution is -0.128. The van der Waals surface area contributed by atoms with E-state index in [1.807, 2.05) is 25.1 Å². The molecular weight excluding hydrogens is 264 g/mol. The first-order chi connectivity index (χ1) is 10.0. The minimum Gasteiger partial charge on any atom is -0.305 e. The number of hydrogen-bond acceptors (Lipinski definition) is 2. The third-order valence-electron chi connectivity index (χ3n) is 4.93. The number of aryl methyl sites for hydroxylation is 1. The van der Waals surface area contributed by atoms with Crippen LogP contribution < -0.4 is 5.32 Å². The highest BCUT2D eigenvalue weighted by Gasteiger charge is 2.53. The van der Waals surface area contributed by atoms with E-state index in [1.165, 1.54) is 5.56 Å². The fourth-order valence-corrected chi connectivity index (χ4v) is 3.55. The molecule has 1 aliphatic carbocycles.